The highest BCUT2D eigenvalue weighted by Gasteiger charge is 2.15. The molecule has 0 radical (unpaired) electrons. The van der Waals surface area contributed by atoms with Crippen LogP contribution in [0.3, 0.4) is 0 Å². The summed E-state index contributed by atoms with van der Waals surface area (Å²) in [6, 6.07) is 26.1. The molecule has 2 aromatic heterocycles. The lowest BCUT2D eigenvalue weighted by molar-refractivity contribution is 0.297. The number of nitrogens with one attached hydrogen (secondary N) is 1. The van der Waals surface area contributed by atoms with E-state index in [2.05, 4.69) is 34.2 Å². The van der Waals surface area contributed by atoms with Gasteiger partial charge in [-0.25, -0.2) is 4.98 Å². The van der Waals surface area contributed by atoms with Crippen LogP contribution in [0.5, 0.6) is 11.5 Å². The first-order valence-corrected chi connectivity index (χ1v) is 10.1. The summed E-state index contributed by atoms with van der Waals surface area (Å²) in [5.41, 5.74) is 3.89. The number of ether oxygens (including phenoxy) is 2. The van der Waals surface area contributed by atoms with E-state index < -0.39 is 0 Å². The predicted molar refractivity (Wildman–Crippen MR) is 122 cm³/mol. The fourth-order valence-corrected chi connectivity index (χ4v) is 3.59. The van der Waals surface area contributed by atoms with Crippen LogP contribution < -0.4 is 9.47 Å². The summed E-state index contributed by atoms with van der Waals surface area (Å²) in [7, 11) is 1.68. The number of methoxy groups -OCH3 is 1. The fourth-order valence-electron chi connectivity index (χ4n) is 3.59. The predicted octanol–water partition coefficient (Wildman–Crippen LogP) is 5.88. The molecule has 5 heteroatoms. The molecule has 5 aromatic rings. The Labute approximate surface area is 180 Å². The molecule has 0 bridgehead atoms. The topological polar surface area (TPSA) is 60.0 Å². The van der Waals surface area contributed by atoms with Crippen LogP contribution in [0, 0.1) is 0 Å². The molecule has 0 aliphatic rings. The van der Waals surface area contributed by atoms with Gasteiger partial charge in [-0.15, -0.1) is 0 Å². The van der Waals surface area contributed by atoms with Gasteiger partial charge in [0, 0.05) is 23.5 Å². The third-order valence-corrected chi connectivity index (χ3v) is 5.16. The minimum atomic E-state index is 0.354. The Bertz CT molecular complexity index is 1310. The summed E-state index contributed by atoms with van der Waals surface area (Å²) in [4.78, 5) is 12.5. The molecule has 0 amide bonds. The minimum absolute atomic E-state index is 0.354. The molecule has 0 fully saturated rings. The number of aromatic nitrogens is 3. The average molecular weight is 407 g/mol. The van der Waals surface area contributed by atoms with Crippen LogP contribution in [-0.4, -0.2) is 22.1 Å². The summed E-state index contributed by atoms with van der Waals surface area (Å²) in [5, 5.41) is 2.25. The Morgan fingerprint density at radius 1 is 0.774 bits per heavy atom. The summed E-state index contributed by atoms with van der Waals surface area (Å²) >= 11 is 0. The zero-order valence-corrected chi connectivity index (χ0v) is 17.1. The lowest BCUT2D eigenvalue weighted by atomic mass is 10.0. The molecule has 0 saturated heterocycles. The molecule has 0 saturated carbocycles. The van der Waals surface area contributed by atoms with Gasteiger partial charge in [-0.2, -0.15) is 0 Å². The number of hydrogen-bond donors (Lipinski definition) is 1. The smallest absolute Gasteiger partial charge is 0.146 e. The Morgan fingerprint density at radius 2 is 1.55 bits per heavy atom. The standard InChI is InChI=1S/C26H21N3O2/c1-30-23-10-9-19-15-21(8-7-20(19)16-23)26-25(18-11-13-27-14-12-18)28-24(29-26)17-31-22-5-3-2-4-6-22/h2-16H,17H2,1H3,(H,28,29). The molecule has 2 heterocycles. The Kier molecular flexibility index (Phi) is 5.07. The molecule has 0 spiro atoms. The van der Waals surface area contributed by atoms with E-state index in [1.54, 1.807) is 19.5 Å². The number of H-pyrrole nitrogens is 1. The normalized spacial score (nSPS) is 10.9. The van der Waals surface area contributed by atoms with Crippen molar-refractivity contribution in [1.29, 1.82) is 0 Å². The van der Waals surface area contributed by atoms with Gasteiger partial charge in [0.15, 0.2) is 0 Å². The number of pyridine rings is 1. The first-order valence-electron chi connectivity index (χ1n) is 10.1. The van der Waals surface area contributed by atoms with Crippen LogP contribution in [0.1, 0.15) is 5.82 Å². The molecule has 0 unspecified atom stereocenters. The van der Waals surface area contributed by atoms with Gasteiger partial charge in [0.25, 0.3) is 0 Å². The van der Waals surface area contributed by atoms with E-state index in [1.165, 1.54) is 0 Å². The Hall–Kier alpha value is -4.12. The number of hydrogen-bond acceptors (Lipinski definition) is 4. The molecule has 5 nitrogen and oxygen atoms in total. The number of aromatic amines is 1. The number of nitrogens with zero attached hydrogens (tertiary/aromatic N) is 2. The average Bonchev–Trinajstić information content (AvgIpc) is 3.27. The monoisotopic (exact) mass is 407 g/mol. The number of para-hydroxylation sites is 1. The van der Waals surface area contributed by atoms with Crippen molar-refractivity contribution >= 4 is 10.8 Å². The fraction of sp³-hybridized carbons (Fsp3) is 0.0769. The maximum absolute atomic E-state index is 5.91. The molecule has 5 rings (SSSR count). The lowest BCUT2D eigenvalue weighted by Crippen LogP contribution is -1.97. The van der Waals surface area contributed by atoms with Crippen LogP contribution in [-0.2, 0) is 6.61 Å². The number of rotatable bonds is 6. The largest absolute Gasteiger partial charge is 0.497 e. The molecule has 31 heavy (non-hydrogen) atoms. The third kappa shape index (κ3) is 3.98. The number of imidazole rings is 1. The molecule has 0 aliphatic carbocycles. The highest BCUT2D eigenvalue weighted by molar-refractivity contribution is 5.90. The van der Waals surface area contributed by atoms with E-state index >= 15 is 0 Å². The van der Waals surface area contributed by atoms with Crippen LogP contribution in [0.25, 0.3) is 33.3 Å². The van der Waals surface area contributed by atoms with E-state index in [-0.39, 0.29) is 0 Å². The summed E-state index contributed by atoms with van der Waals surface area (Å²) in [5.74, 6) is 2.42. The quantitative estimate of drug-likeness (QED) is 0.382. The maximum atomic E-state index is 5.91. The first-order chi connectivity index (χ1) is 15.3. The van der Waals surface area contributed by atoms with Crippen LogP contribution in [0.4, 0.5) is 0 Å². The van der Waals surface area contributed by atoms with Crippen LogP contribution in [0.2, 0.25) is 0 Å². The van der Waals surface area contributed by atoms with Crippen molar-refractivity contribution in [2.24, 2.45) is 0 Å². The van der Waals surface area contributed by atoms with Crippen LogP contribution >= 0.6 is 0 Å². The van der Waals surface area contributed by atoms with Crippen molar-refractivity contribution in [2.75, 3.05) is 7.11 Å². The first kappa shape index (κ1) is 18.9. The Balaban J connectivity index is 1.54. The summed E-state index contributed by atoms with van der Waals surface area (Å²) < 4.78 is 11.3. The van der Waals surface area contributed by atoms with Crippen molar-refractivity contribution < 1.29 is 9.47 Å². The second-order valence-electron chi connectivity index (χ2n) is 7.17. The summed E-state index contributed by atoms with van der Waals surface area (Å²) in [6.45, 7) is 0.354. The highest BCUT2D eigenvalue weighted by atomic mass is 16.5. The minimum Gasteiger partial charge on any atom is -0.497 e. The second kappa shape index (κ2) is 8.32. The van der Waals surface area contributed by atoms with Gasteiger partial charge < -0.3 is 14.5 Å². The molecule has 1 N–H and O–H groups in total. The zero-order chi connectivity index (χ0) is 21.0. The molecule has 3 aromatic carbocycles. The SMILES string of the molecule is COc1ccc2cc(-c3nc(COc4ccccc4)[nH]c3-c3ccncc3)ccc2c1. The number of benzene rings is 3. The van der Waals surface area contributed by atoms with Gasteiger partial charge in [0.05, 0.1) is 18.5 Å². The van der Waals surface area contributed by atoms with Gasteiger partial charge in [0.1, 0.15) is 23.9 Å². The summed E-state index contributed by atoms with van der Waals surface area (Å²) in [6.07, 6.45) is 3.57. The van der Waals surface area contributed by atoms with Gasteiger partial charge in [-0.05, 0) is 53.2 Å². The maximum Gasteiger partial charge on any atom is 0.146 e. The molecule has 0 aliphatic heterocycles. The number of fused-ring (bicyclic) bond motifs is 1. The lowest BCUT2D eigenvalue weighted by Gasteiger charge is -2.06. The van der Waals surface area contributed by atoms with Gasteiger partial charge in [-0.1, -0.05) is 36.4 Å². The molecule has 152 valence electrons. The second-order valence-corrected chi connectivity index (χ2v) is 7.17. The van der Waals surface area contributed by atoms with Gasteiger partial charge >= 0.3 is 0 Å². The van der Waals surface area contributed by atoms with Crippen molar-refractivity contribution in [3.05, 3.63) is 97.1 Å². The van der Waals surface area contributed by atoms with Crippen molar-refractivity contribution in [3.63, 3.8) is 0 Å². The Morgan fingerprint density at radius 3 is 2.35 bits per heavy atom. The molecular formula is C26H21N3O2. The zero-order valence-electron chi connectivity index (χ0n) is 17.1. The van der Waals surface area contributed by atoms with Crippen LogP contribution in [0.15, 0.2) is 91.3 Å². The molecule has 0 atom stereocenters. The van der Waals surface area contributed by atoms with E-state index in [9.17, 15) is 0 Å². The van der Waals surface area contributed by atoms with Gasteiger partial charge in [-0.3, -0.25) is 4.98 Å². The molecular weight excluding hydrogens is 386 g/mol. The van der Waals surface area contributed by atoms with Crippen molar-refractivity contribution in [1.82, 2.24) is 15.0 Å². The van der Waals surface area contributed by atoms with E-state index in [0.29, 0.717) is 6.61 Å². The third-order valence-electron chi connectivity index (χ3n) is 5.16. The van der Waals surface area contributed by atoms with Crippen molar-refractivity contribution in [2.45, 2.75) is 6.61 Å². The van der Waals surface area contributed by atoms with Crippen molar-refractivity contribution in [3.8, 4) is 34.0 Å². The highest BCUT2D eigenvalue weighted by Crippen LogP contribution is 2.33. The van der Waals surface area contributed by atoms with E-state index in [1.807, 2.05) is 54.6 Å². The van der Waals surface area contributed by atoms with E-state index in [4.69, 9.17) is 14.5 Å². The van der Waals surface area contributed by atoms with Gasteiger partial charge in [0.2, 0.25) is 0 Å². The van der Waals surface area contributed by atoms with E-state index in [0.717, 1.165) is 50.6 Å².